The van der Waals surface area contributed by atoms with Crippen molar-refractivity contribution >= 4 is 11.6 Å². The minimum absolute atomic E-state index is 0.295. The van der Waals surface area contributed by atoms with Crippen LogP contribution in [0.5, 0.6) is 0 Å². The Morgan fingerprint density at radius 3 is 2.53 bits per heavy atom. The van der Waals surface area contributed by atoms with Crippen LogP contribution in [0.25, 0.3) is 0 Å². The molecule has 0 aliphatic carbocycles. The molecule has 0 saturated heterocycles. The zero-order valence-corrected chi connectivity index (χ0v) is 10.8. The second-order valence-electron chi connectivity index (χ2n) is 3.68. The number of hydrogen-bond donors (Lipinski definition) is 1. The van der Waals surface area contributed by atoms with E-state index in [1.165, 1.54) is 32.4 Å². The molecule has 0 spiro atoms. The third-order valence-corrected chi connectivity index (χ3v) is 2.94. The summed E-state index contributed by atoms with van der Waals surface area (Å²) in [5.41, 5.74) is 5.76. The van der Waals surface area contributed by atoms with Gasteiger partial charge in [0.2, 0.25) is 0 Å². The lowest BCUT2D eigenvalue weighted by Crippen LogP contribution is -2.32. The largest absolute Gasteiger partial charge is 0.349 e. The lowest BCUT2D eigenvalue weighted by atomic mass is 9.99. The van der Waals surface area contributed by atoms with Gasteiger partial charge in [-0.2, -0.15) is 0 Å². The topological polar surface area (TPSA) is 44.5 Å². The van der Waals surface area contributed by atoms with E-state index in [1.54, 1.807) is 0 Å². The summed E-state index contributed by atoms with van der Waals surface area (Å²) in [4.78, 5) is 0. The number of rotatable bonds is 6. The molecule has 2 N–H and O–H groups in total. The van der Waals surface area contributed by atoms with Gasteiger partial charge >= 0.3 is 0 Å². The van der Waals surface area contributed by atoms with Crippen molar-refractivity contribution in [2.75, 3.05) is 20.8 Å². The van der Waals surface area contributed by atoms with Crippen molar-refractivity contribution in [2.24, 2.45) is 5.73 Å². The Morgan fingerprint density at radius 2 is 2.00 bits per heavy atom. The fourth-order valence-corrected chi connectivity index (χ4v) is 1.94. The van der Waals surface area contributed by atoms with Gasteiger partial charge in [-0.15, -0.1) is 0 Å². The van der Waals surface area contributed by atoms with Gasteiger partial charge in [0.15, 0.2) is 5.79 Å². The number of ether oxygens (including phenoxy) is 2. The molecular weight excluding hydrogens is 245 g/mol. The highest BCUT2D eigenvalue weighted by Gasteiger charge is 2.34. The van der Waals surface area contributed by atoms with Crippen LogP contribution < -0.4 is 5.73 Å². The molecule has 1 aromatic carbocycles. The van der Waals surface area contributed by atoms with Crippen LogP contribution in [-0.4, -0.2) is 20.8 Å². The molecule has 0 aliphatic rings. The number of hydrogen-bond acceptors (Lipinski definition) is 3. The van der Waals surface area contributed by atoms with Crippen LogP contribution in [0.2, 0.25) is 5.02 Å². The Hall–Kier alpha value is -0.680. The van der Waals surface area contributed by atoms with Gasteiger partial charge in [0, 0.05) is 31.2 Å². The van der Waals surface area contributed by atoms with Crippen LogP contribution in [0.15, 0.2) is 18.2 Å². The highest BCUT2D eigenvalue weighted by atomic mass is 35.5. The van der Waals surface area contributed by atoms with Gasteiger partial charge in [-0.3, -0.25) is 0 Å². The van der Waals surface area contributed by atoms with Crippen LogP contribution in [0.1, 0.15) is 18.4 Å². The van der Waals surface area contributed by atoms with Crippen LogP contribution in [0, 0.1) is 5.82 Å². The predicted molar refractivity (Wildman–Crippen MR) is 65.4 cm³/mol. The molecule has 0 amide bonds. The van der Waals surface area contributed by atoms with Crippen molar-refractivity contribution in [2.45, 2.75) is 18.6 Å². The van der Waals surface area contributed by atoms with Crippen LogP contribution >= 0.6 is 11.6 Å². The Balaban J connectivity index is 3.15. The first kappa shape index (κ1) is 14.4. The normalized spacial score (nSPS) is 11.8. The number of nitrogens with two attached hydrogens (primary N) is 1. The molecule has 96 valence electrons. The van der Waals surface area contributed by atoms with E-state index in [1.807, 2.05) is 0 Å². The summed E-state index contributed by atoms with van der Waals surface area (Å²) in [7, 11) is 2.95. The third-order valence-electron chi connectivity index (χ3n) is 2.71. The predicted octanol–water partition coefficient (Wildman–Crippen LogP) is 2.66. The van der Waals surface area contributed by atoms with Crippen molar-refractivity contribution in [3.63, 3.8) is 0 Å². The summed E-state index contributed by atoms with van der Waals surface area (Å²) in [6.45, 7) is 0.483. The fraction of sp³-hybridized carbons (Fsp3) is 0.500. The van der Waals surface area contributed by atoms with Gasteiger partial charge in [-0.25, -0.2) is 4.39 Å². The first-order valence-corrected chi connectivity index (χ1v) is 5.73. The van der Waals surface area contributed by atoms with E-state index >= 15 is 0 Å². The Kier molecular flexibility index (Phi) is 5.33. The van der Waals surface area contributed by atoms with E-state index in [-0.39, 0.29) is 0 Å². The fourth-order valence-electron chi connectivity index (χ4n) is 1.77. The molecule has 1 aromatic rings. The lowest BCUT2D eigenvalue weighted by molar-refractivity contribution is -0.222. The van der Waals surface area contributed by atoms with Gasteiger partial charge in [0.1, 0.15) is 5.82 Å². The first-order valence-electron chi connectivity index (χ1n) is 5.35. The molecule has 0 radical (unpaired) electrons. The van der Waals surface area contributed by atoms with E-state index in [0.29, 0.717) is 30.0 Å². The zero-order chi connectivity index (χ0) is 12.9. The monoisotopic (exact) mass is 261 g/mol. The standard InChI is InChI=1S/C12H17ClFNO2/c1-16-12(17-2,6-3-7-15)10-8-9(13)4-5-11(10)14/h4-5,8H,3,6-7,15H2,1-2H3. The molecular formula is C12H17ClFNO2. The molecule has 1 rings (SSSR count). The summed E-state index contributed by atoms with van der Waals surface area (Å²) in [5, 5.41) is 0.438. The molecule has 0 heterocycles. The second kappa shape index (κ2) is 6.31. The average molecular weight is 262 g/mol. The minimum Gasteiger partial charge on any atom is -0.349 e. The number of benzene rings is 1. The minimum atomic E-state index is -1.13. The summed E-state index contributed by atoms with van der Waals surface area (Å²) >= 11 is 5.87. The van der Waals surface area contributed by atoms with Crippen LogP contribution in [-0.2, 0) is 15.3 Å². The van der Waals surface area contributed by atoms with E-state index in [4.69, 9.17) is 26.8 Å². The number of methoxy groups -OCH3 is 2. The van der Waals surface area contributed by atoms with Gasteiger partial charge in [-0.1, -0.05) is 11.6 Å². The smallest absolute Gasteiger partial charge is 0.197 e. The average Bonchev–Trinajstić information content (AvgIpc) is 2.35. The number of halogens is 2. The molecule has 0 aromatic heterocycles. The van der Waals surface area contributed by atoms with Crippen molar-refractivity contribution < 1.29 is 13.9 Å². The quantitative estimate of drug-likeness (QED) is 0.801. The molecule has 5 heteroatoms. The maximum Gasteiger partial charge on any atom is 0.197 e. The Bertz CT molecular complexity index is 370. The van der Waals surface area contributed by atoms with Crippen molar-refractivity contribution in [3.05, 3.63) is 34.6 Å². The SMILES string of the molecule is COC(CCCN)(OC)c1cc(Cl)ccc1F. The molecule has 0 saturated carbocycles. The van der Waals surface area contributed by atoms with E-state index in [0.717, 1.165) is 0 Å². The van der Waals surface area contributed by atoms with Crippen LogP contribution in [0.4, 0.5) is 4.39 Å². The van der Waals surface area contributed by atoms with E-state index < -0.39 is 11.6 Å². The van der Waals surface area contributed by atoms with E-state index in [9.17, 15) is 4.39 Å². The molecule has 0 atom stereocenters. The molecule has 3 nitrogen and oxygen atoms in total. The third kappa shape index (κ3) is 3.16. The Morgan fingerprint density at radius 1 is 1.35 bits per heavy atom. The highest BCUT2D eigenvalue weighted by molar-refractivity contribution is 6.30. The van der Waals surface area contributed by atoms with Gasteiger partial charge in [0.25, 0.3) is 0 Å². The zero-order valence-electron chi connectivity index (χ0n) is 10.0. The summed E-state index contributed by atoms with van der Waals surface area (Å²) in [6, 6.07) is 4.30. The molecule has 0 unspecified atom stereocenters. The molecule has 0 fully saturated rings. The van der Waals surface area contributed by atoms with Crippen molar-refractivity contribution in [3.8, 4) is 0 Å². The molecule has 0 bridgehead atoms. The maximum absolute atomic E-state index is 13.8. The lowest BCUT2D eigenvalue weighted by Gasteiger charge is -2.31. The first-order chi connectivity index (χ1) is 8.09. The summed E-state index contributed by atoms with van der Waals surface area (Å²) < 4.78 is 24.5. The maximum atomic E-state index is 13.8. The van der Waals surface area contributed by atoms with Crippen LogP contribution in [0.3, 0.4) is 0 Å². The highest BCUT2D eigenvalue weighted by Crippen LogP contribution is 2.34. The van der Waals surface area contributed by atoms with Gasteiger partial charge in [0.05, 0.1) is 0 Å². The molecule has 17 heavy (non-hydrogen) atoms. The van der Waals surface area contributed by atoms with Gasteiger partial charge in [-0.05, 0) is 31.2 Å². The van der Waals surface area contributed by atoms with E-state index in [2.05, 4.69) is 0 Å². The summed E-state index contributed by atoms with van der Waals surface area (Å²) in [6.07, 6.45) is 1.13. The van der Waals surface area contributed by atoms with Crippen molar-refractivity contribution in [1.29, 1.82) is 0 Å². The van der Waals surface area contributed by atoms with Crippen molar-refractivity contribution in [1.82, 2.24) is 0 Å². The Labute approximate surface area is 106 Å². The summed E-state index contributed by atoms with van der Waals surface area (Å²) in [5.74, 6) is -1.54. The van der Waals surface area contributed by atoms with Gasteiger partial charge < -0.3 is 15.2 Å². The molecule has 0 aliphatic heterocycles. The second-order valence-corrected chi connectivity index (χ2v) is 4.11.